The molecule has 0 radical (unpaired) electrons. The molecule has 0 bridgehead atoms. The Hall–Kier alpha value is -0.910. The van der Waals surface area contributed by atoms with E-state index in [0.717, 1.165) is 5.56 Å². The lowest BCUT2D eigenvalue weighted by atomic mass is 10.2. The summed E-state index contributed by atoms with van der Waals surface area (Å²) in [5, 5.41) is 2.88. The zero-order valence-electron chi connectivity index (χ0n) is 8.95. The minimum Gasteiger partial charge on any atom is -0.318 e. The lowest BCUT2D eigenvalue weighted by Gasteiger charge is -2.06. The van der Waals surface area contributed by atoms with Crippen molar-refractivity contribution in [3.8, 4) is 0 Å². The molecule has 0 amide bonds. The SMILES string of the molecule is CNCCNS(=O)(=O)c1cccc(C)c1. The lowest BCUT2D eigenvalue weighted by molar-refractivity contribution is 0.579. The van der Waals surface area contributed by atoms with Crippen LogP contribution in [0.1, 0.15) is 5.56 Å². The van der Waals surface area contributed by atoms with Gasteiger partial charge >= 0.3 is 0 Å². The van der Waals surface area contributed by atoms with E-state index in [1.165, 1.54) is 0 Å². The second-order valence-corrected chi connectivity index (χ2v) is 5.08. The summed E-state index contributed by atoms with van der Waals surface area (Å²) in [5.41, 5.74) is 0.937. The van der Waals surface area contributed by atoms with Gasteiger partial charge in [-0.05, 0) is 31.7 Å². The van der Waals surface area contributed by atoms with Crippen molar-refractivity contribution in [1.82, 2.24) is 10.0 Å². The molecule has 0 spiro atoms. The van der Waals surface area contributed by atoms with E-state index in [-0.39, 0.29) is 0 Å². The maximum atomic E-state index is 11.7. The maximum Gasteiger partial charge on any atom is 0.240 e. The normalized spacial score (nSPS) is 11.6. The van der Waals surface area contributed by atoms with Crippen LogP contribution in [0.3, 0.4) is 0 Å². The van der Waals surface area contributed by atoms with Crippen molar-refractivity contribution >= 4 is 10.0 Å². The third kappa shape index (κ3) is 3.62. The van der Waals surface area contributed by atoms with Gasteiger partial charge in [0.15, 0.2) is 0 Å². The van der Waals surface area contributed by atoms with Crippen LogP contribution in [0.15, 0.2) is 29.2 Å². The summed E-state index contributed by atoms with van der Waals surface area (Å²) in [7, 11) is -1.57. The van der Waals surface area contributed by atoms with Crippen LogP contribution in [0.25, 0.3) is 0 Å². The summed E-state index contributed by atoms with van der Waals surface area (Å²) in [6, 6.07) is 6.85. The highest BCUT2D eigenvalue weighted by atomic mass is 32.2. The zero-order chi connectivity index (χ0) is 11.3. The van der Waals surface area contributed by atoms with E-state index in [2.05, 4.69) is 10.0 Å². The molecule has 0 atom stereocenters. The van der Waals surface area contributed by atoms with Crippen LogP contribution in [0, 0.1) is 6.92 Å². The number of likely N-dealkylation sites (N-methyl/N-ethyl adjacent to an activating group) is 1. The molecule has 1 aromatic carbocycles. The first kappa shape index (κ1) is 12.2. The van der Waals surface area contributed by atoms with Gasteiger partial charge < -0.3 is 5.32 Å². The first-order valence-electron chi connectivity index (χ1n) is 4.77. The number of nitrogens with one attached hydrogen (secondary N) is 2. The molecule has 0 fully saturated rings. The number of sulfonamides is 1. The predicted molar refractivity (Wildman–Crippen MR) is 60.3 cm³/mol. The average Bonchev–Trinajstić information content (AvgIpc) is 2.18. The third-order valence-electron chi connectivity index (χ3n) is 1.97. The van der Waals surface area contributed by atoms with Gasteiger partial charge in [0, 0.05) is 13.1 Å². The van der Waals surface area contributed by atoms with Crippen molar-refractivity contribution in [2.75, 3.05) is 20.1 Å². The highest BCUT2D eigenvalue weighted by Crippen LogP contribution is 2.09. The number of hydrogen-bond acceptors (Lipinski definition) is 3. The fourth-order valence-corrected chi connectivity index (χ4v) is 2.31. The summed E-state index contributed by atoms with van der Waals surface area (Å²) in [6.07, 6.45) is 0. The van der Waals surface area contributed by atoms with Crippen molar-refractivity contribution in [2.24, 2.45) is 0 Å². The van der Waals surface area contributed by atoms with Crippen LogP contribution in [0.2, 0.25) is 0 Å². The Balaban J connectivity index is 2.77. The number of benzene rings is 1. The van der Waals surface area contributed by atoms with Crippen LogP contribution in [-0.4, -0.2) is 28.6 Å². The summed E-state index contributed by atoms with van der Waals surface area (Å²) >= 11 is 0. The van der Waals surface area contributed by atoms with E-state index in [1.807, 2.05) is 13.0 Å². The largest absolute Gasteiger partial charge is 0.318 e. The molecule has 0 saturated heterocycles. The molecule has 4 nitrogen and oxygen atoms in total. The molecule has 0 saturated carbocycles. The molecule has 0 aromatic heterocycles. The van der Waals surface area contributed by atoms with Crippen LogP contribution in [0.4, 0.5) is 0 Å². The van der Waals surface area contributed by atoms with Crippen molar-refractivity contribution < 1.29 is 8.42 Å². The van der Waals surface area contributed by atoms with Crippen molar-refractivity contribution in [2.45, 2.75) is 11.8 Å². The molecule has 84 valence electrons. The van der Waals surface area contributed by atoms with Crippen LogP contribution in [0.5, 0.6) is 0 Å². The molecule has 0 aliphatic carbocycles. The molecule has 0 aliphatic rings. The van der Waals surface area contributed by atoms with Gasteiger partial charge in [0.2, 0.25) is 10.0 Å². The van der Waals surface area contributed by atoms with Crippen molar-refractivity contribution in [1.29, 1.82) is 0 Å². The fourth-order valence-electron chi connectivity index (χ4n) is 1.18. The molecule has 1 rings (SSSR count). The highest BCUT2D eigenvalue weighted by Gasteiger charge is 2.12. The van der Waals surface area contributed by atoms with E-state index in [9.17, 15) is 8.42 Å². The van der Waals surface area contributed by atoms with Crippen LogP contribution >= 0.6 is 0 Å². The van der Waals surface area contributed by atoms with Crippen LogP contribution in [-0.2, 0) is 10.0 Å². The second-order valence-electron chi connectivity index (χ2n) is 3.32. The molecule has 1 aromatic rings. The van der Waals surface area contributed by atoms with Crippen molar-refractivity contribution in [3.63, 3.8) is 0 Å². The molecule has 0 unspecified atom stereocenters. The van der Waals surface area contributed by atoms with Crippen LogP contribution < -0.4 is 10.0 Å². The predicted octanol–water partition coefficient (Wildman–Crippen LogP) is 0.493. The lowest BCUT2D eigenvalue weighted by Crippen LogP contribution is -2.30. The number of aryl methyl sites for hydroxylation is 1. The van der Waals surface area contributed by atoms with E-state index in [1.54, 1.807) is 25.2 Å². The fraction of sp³-hybridized carbons (Fsp3) is 0.400. The Morgan fingerprint density at radius 1 is 1.27 bits per heavy atom. The second kappa shape index (κ2) is 5.25. The van der Waals surface area contributed by atoms with Gasteiger partial charge in [-0.15, -0.1) is 0 Å². The monoisotopic (exact) mass is 228 g/mol. The summed E-state index contributed by atoms with van der Waals surface area (Å²) in [6.45, 7) is 2.88. The van der Waals surface area contributed by atoms with E-state index in [4.69, 9.17) is 0 Å². The van der Waals surface area contributed by atoms with E-state index < -0.39 is 10.0 Å². The van der Waals surface area contributed by atoms with E-state index in [0.29, 0.717) is 18.0 Å². The standard InChI is InChI=1S/C10H16N2O2S/c1-9-4-3-5-10(8-9)15(13,14)12-7-6-11-2/h3-5,8,11-12H,6-7H2,1-2H3. The molecule has 0 aliphatic heterocycles. The minimum atomic E-state index is -3.35. The highest BCUT2D eigenvalue weighted by molar-refractivity contribution is 7.89. The molecule has 5 heteroatoms. The Kier molecular flexibility index (Phi) is 4.26. The Morgan fingerprint density at radius 3 is 2.60 bits per heavy atom. The molecule has 0 heterocycles. The Labute approximate surface area is 90.8 Å². The smallest absolute Gasteiger partial charge is 0.240 e. The molecule has 15 heavy (non-hydrogen) atoms. The molecule has 2 N–H and O–H groups in total. The van der Waals surface area contributed by atoms with Gasteiger partial charge in [0.1, 0.15) is 0 Å². The molecular weight excluding hydrogens is 212 g/mol. The first-order valence-corrected chi connectivity index (χ1v) is 6.25. The average molecular weight is 228 g/mol. The van der Waals surface area contributed by atoms with Gasteiger partial charge in [0.05, 0.1) is 4.90 Å². The van der Waals surface area contributed by atoms with Gasteiger partial charge in [-0.3, -0.25) is 0 Å². The van der Waals surface area contributed by atoms with Gasteiger partial charge in [-0.2, -0.15) is 0 Å². The summed E-state index contributed by atoms with van der Waals surface area (Å²) in [5.74, 6) is 0. The first-order chi connectivity index (χ1) is 7.06. The maximum absolute atomic E-state index is 11.7. The van der Waals surface area contributed by atoms with Crippen molar-refractivity contribution in [3.05, 3.63) is 29.8 Å². The third-order valence-corrected chi connectivity index (χ3v) is 3.43. The molecular formula is C10H16N2O2S. The summed E-state index contributed by atoms with van der Waals surface area (Å²) < 4.78 is 26.0. The Bertz CT molecular complexity index is 415. The van der Waals surface area contributed by atoms with Gasteiger partial charge in [0.25, 0.3) is 0 Å². The summed E-state index contributed by atoms with van der Waals surface area (Å²) in [4.78, 5) is 0.318. The quantitative estimate of drug-likeness (QED) is 0.721. The van der Waals surface area contributed by atoms with Gasteiger partial charge in [-0.25, -0.2) is 13.1 Å². The number of rotatable bonds is 5. The van der Waals surface area contributed by atoms with Gasteiger partial charge in [-0.1, -0.05) is 12.1 Å². The minimum absolute atomic E-state index is 0.318. The van der Waals surface area contributed by atoms with E-state index >= 15 is 0 Å². The zero-order valence-corrected chi connectivity index (χ0v) is 9.76. The topological polar surface area (TPSA) is 58.2 Å². The number of hydrogen-bond donors (Lipinski definition) is 2. The Morgan fingerprint density at radius 2 is 2.00 bits per heavy atom.